The van der Waals surface area contributed by atoms with Gasteiger partial charge in [0, 0.05) is 29.4 Å². The topological polar surface area (TPSA) is 48.2 Å². The predicted molar refractivity (Wildman–Crippen MR) is 108 cm³/mol. The first-order valence-corrected chi connectivity index (χ1v) is 10.3. The molecule has 2 atom stereocenters. The van der Waals surface area contributed by atoms with Crippen LogP contribution >= 0.6 is 0 Å². The van der Waals surface area contributed by atoms with Gasteiger partial charge in [-0.2, -0.15) is 0 Å². The quantitative estimate of drug-likeness (QED) is 0.769. The molecule has 4 heteroatoms. The van der Waals surface area contributed by atoms with Crippen LogP contribution in [0.5, 0.6) is 0 Å². The summed E-state index contributed by atoms with van der Waals surface area (Å²) in [4.78, 5) is 12.5. The van der Waals surface area contributed by atoms with Crippen molar-refractivity contribution >= 4 is 11.5 Å². The molecule has 4 rings (SSSR count). The minimum absolute atomic E-state index is 0.141. The number of allylic oxidation sites excluding steroid dienone is 4. The first kappa shape index (κ1) is 18.0. The summed E-state index contributed by atoms with van der Waals surface area (Å²) in [7, 11) is 0. The molecule has 0 radical (unpaired) electrons. The van der Waals surface area contributed by atoms with Crippen molar-refractivity contribution in [2.24, 2.45) is 21.3 Å². The van der Waals surface area contributed by atoms with Gasteiger partial charge in [0.05, 0.1) is 12.6 Å². The van der Waals surface area contributed by atoms with E-state index in [4.69, 9.17) is 9.98 Å². The van der Waals surface area contributed by atoms with Gasteiger partial charge < -0.3 is 10.0 Å². The smallest absolute Gasteiger partial charge is 0.127 e. The maximum atomic E-state index is 10.1. The van der Waals surface area contributed by atoms with E-state index in [9.17, 15) is 5.11 Å². The number of aliphatic hydroxyl groups is 1. The molecule has 1 saturated carbocycles. The number of fused-ring (bicyclic) bond motifs is 2. The van der Waals surface area contributed by atoms with Crippen molar-refractivity contribution < 1.29 is 5.11 Å². The van der Waals surface area contributed by atoms with Crippen LogP contribution in [0.1, 0.15) is 66.2 Å². The van der Waals surface area contributed by atoms with E-state index < -0.39 is 0 Å². The van der Waals surface area contributed by atoms with E-state index in [1.54, 1.807) is 0 Å². The summed E-state index contributed by atoms with van der Waals surface area (Å²) in [5, 5.41) is 10.1. The summed E-state index contributed by atoms with van der Waals surface area (Å²) in [5.74, 6) is 1.70. The van der Waals surface area contributed by atoms with Gasteiger partial charge in [-0.15, -0.1) is 0 Å². The molecule has 0 aromatic heterocycles. The highest BCUT2D eigenvalue weighted by atomic mass is 16.3. The van der Waals surface area contributed by atoms with Crippen molar-refractivity contribution in [1.29, 1.82) is 0 Å². The van der Waals surface area contributed by atoms with Crippen molar-refractivity contribution in [2.75, 3.05) is 6.54 Å². The average Bonchev–Trinajstić information content (AvgIpc) is 2.81. The van der Waals surface area contributed by atoms with Crippen molar-refractivity contribution in [3.63, 3.8) is 0 Å². The van der Waals surface area contributed by atoms with Gasteiger partial charge in [0.25, 0.3) is 0 Å². The van der Waals surface area contributed by atoms with E-state index in [0.717, 1.165) is 24.4 Å². The molecule has 2 bridgehead atoms. The van der Waals surface area contributed by atoms with Crippen LogP contribution in [0.4, 0.5) is 0 Å². The number of nitrogens with zero attached hydrogens (tertiary/aromatic N) is 3. The summed E-state index contributed by atoms with van der Waals surface area (Å²) in [6.45, 7) is 9.62. The van der Waals surface area contributed by atoms with Crippen molar-refractivity contribution in [3.05, 3.63) is 23.4 Å². The molecule has 3 aliphatic heterocycles. The number of aliphatic imine (C=N–C) groups is 2. The van der Waals surface area contributed by atoms with Crippen LogP contribution in [0.2, 0.25) is 0 Å². The lowest BCUT2D eigenvalue weighted by Crippen LogP contribution is -2.49. The molecule has 4 aliphatic rings. The van der Waals surface area contributed by atoms with Crippen LogP contribution in [-0.2, 0) is 0 Å². The van der Waals surface area contributed by atoms with Crippen LogP contribution in [0.3, 0.4) is 0 Å². The number of hydrogen-bond donors (Lipinski definition) is 1. The lowest BCUT2D eigenvalue weighted by molar-refractivity contribution is 0.0705. The summed E-state index contributed by atoms with van der Waals surface area (Å²) in [6, 6.07) is 0.873. The molecular formula is C22H33N3O. The van der Waals surface area contributed by atoms with E-state index in [2.05, 4.69) is 44.7 Å². The van der Waals surface area contributed by atoms with Crippen LogP contribution in [-0.4, -0.2) is 46.3 Å². The van der Waals surface area contributed by atoms with Crippen molar-refractivity contribution in [3.8, 4) is 0 Å². The Labute approximate surface area is 157 Å². The summed E-state index contributed by atoms with van der Waals surface area (Å²) in [6.07, 6.45) is 10.9. The molecule has 3 fully saturated rings. The first-order chi connectivity index (χ1) is 12.3. The summed E-state index contributed by atoms with van der Waals surface area (Å²) < 4.78 is 0. The predicted octanol–water partition coefficient (Wildman–Crippen LogP) is 4.11. The summed E-state index contributed by atoms with van der Waals surface area (Å²) in [5.41, 5.74) is 4.01. The third kappa shape index (κ3) is 3.53. The molecular weight excluding hydrogens is 322 g/mol. The Morgan fingerprint density at radius 3 is 2.35 bits per heavy atom. The zero-order chi connectivity index (χ0) is 18.5. The molecule has 2 saturated heterocycles. The van der Waals surface area contributed by atoms with Gasteiger partial charge in [-0.05, 0) is 75.5 Å². The molecule has 0 amide bonds. The number of aliphatic hydroxyl groups excluding tert-OH is 1. The van der Waals surface area contributed by atoms with E-state index >= 15 is 0 Å². The van der Waals surface area contributed by atoms with Gasteiger partial charge in [0.15, 0.2) is 0 Å². The highest BCUT2D eigenvalue weighted by molar-refractivity contribution is 6.00. The molecule has 142 valence electrons. The van der Waals surface area contributed by atoms with Gasteiger partial charge in [-0.1, -0.05) is 13.8 Å². The maximum Gasteiger partial charge on any atom is 0.127 e. The van der Waals surface area contributed by atoms with Gasteiger partial charge in [-0.25, -0.2) is 4.99 Å². The maximum absolute atomic E-state index is 10.1. The normalized spacial score (nSPS) is 42.7. The van der Waals surface area contributed by atoms with Gasteiger partial charge in [-0.3, -0.25) is 4.99 Å². The molecule has 3 heterocycles. The molecule has 1 aliphatic carbocycles. The van der Waals surface area contributed by atoms with Gasteiger partial charge >= 0.3 is 0 Å². The van der Waals surface area contributed by atoms with Gasteiger partial charge in [0.1, 0.15) is 5.84 Å². The Morgan fingerprint density at radius 1 is 1.08 bits per heavy atom. The zero-order valence-electron chi connectivity index (χ0n) is 16.7. The van der Waals surface area contributed by atoms with E-state index in [-0.39, 0.29) is 6.10 Å². The second-order valence-corrected chi connectivity index (χ2v) is 9.63. The Balaban J connectivity index is 1.61. The van der Waals surface area contributed by atoms with Crippen LogP contribution in [0.25, 0.3) is 0 Å². The number of piperidine rings is 1. The van der Waals surface area contributed by atoms with Crippen molar-refractivity contribution in [2.45, 2.75) is 84.4 Å². The fourth-order valence-corrected chi connectivity index (χ4v) is 5.52. The van der Waals surface area contributed by atoms with Gasteiger partial charge in [0.2, 0.25) is 0 Å². The Bertz CT molecular complexity index is 678. The third-order valence-corrected chi connectivity index (χ3v) is 6.54. The van der Waals surface area contributed by atoms with E-state index in [1.165, 1.54) is 37.0 Å². The molecule has 26 heavy (non-hydrogen) atoms. The van der Waals surface area contributed by atoms with E-state index in [0.29, 0.717) is 30.0 Å². The lowest BCUT2D eigenvalue weighted by atomic mass is 9.63. The average molecular weight is 356 g/mol. The Kier molecular flexibility index (Phi) is 4.58. The number of hydrogen-bond acceptors (Lipinski definition) is 4. The second-order valence-electron chi connectivity index (χ2n) is 9.63. The number of amidine groups is 1. The zero-order valence-corrected chi connectivity index (χ0v) is 16.7. The summed E-state index contributed by atoms with van der Waals surface area (Å²) >= 11 is 0. The minimum atomic E-state index is -0.141. The molecule has 0 spiro atoms. The number of rotatable bonds is 1. The van der Waals surface area contributed by atoms with Crippen molar-refractivity contribution in [1.82, 2.24) is 4.90 Å². The van der Waals surface area contributed by atoms with Crippen LogP contribution in [0, 0.1) is 11.3 Å². The standard InChI is InChI=1S/C22H33N3O/c1-14-7-15(2)24-21(25-17-5-6-18(25)10-19(26)9-17)13-23-20(8-14)16-11-22(3,4)12-16/h7-8,16-19,26H,5-6,9-13H2,1-4H3/b14-8+,15-7-,23-20+,24-21+. The third-order valence-electron chi connectivity index (χ3n) is 6.54. The molecule has 4 nitrogen and oxygen atoms in total. The largest absolute Gasteiger partial charge is 0.393 e. The minimum Gasteiger partial charge on any atom is -0.393 e. The Hall–Kier alpha value is -1.42. The fourth-order valence-electron chi connectivity index (χ4n) is 5.52. The molecule has 0 aromatic carbocycles. The fraction of sp³-hybridized carbons (Fsp3) is 0.727. The highest BCUT2D eigenvalue weighted by Crippen LogP contribution is 2.46. The SMILES string of the molecule is CC1=C/C(C)=C/C(C2CC(C)(C)C2)=N\C/C(N2C3CCC2CC(O)C3)=N\1. The Morgan fingerprint density at radius 2 is 1.73 bits per heavy atom. The van der Waals surface area contributed by atoms with Crippen LogP contribution in [0.15, 0.2) is 33.4 Å². The second kappa shape index (κ2) is 6.63. The monoisotopic (exact) mass is 355 g/mol. The molecule has 0 aromatic rings. The first-order valence-electron chi connectivity index (χ1n) is 10.3. The molecule has 1 N–H and O–H groups in total. The van der Waals surface area contributed by atoms with E-state index in [1.807, 2.05) is 0 Å². The van der Waals surface area contributed by atoms with Crippen LogP contribution < -0.4 is 0 Å². The highest BCUT2D eigenvalue weighted by Gasteiger charge is 2.42. The molecule has 2 unspecified atom stereocenters. The lowest BCUT2D eigenvalue weighted by Gasteiger charge is -2.43.